The fourth-order valence-corrected chi connectivity index (χ4v) is 2.73. The van der Waals surface area contributed by atoms with Gasteiger partial charge in [-0.25, -0.2) is 0 Å². The molecule has 0 aromatic rings. The Morgan fingerprint density at radius 2 is 1.81 bits per heavy atom. The number of piperidine rings is 1. The van der Waals surface area contributed by atoms with Crippen LogP contribution in [-0.4, -0.2) is 62.2 Å². The number of hydrogen-bond acceptors (Lipinski definition) is 3. The van der Waals surface area contributed by atoms with Gasteiger partial charge in [-0.3, -0.25) is 0 Å². The van der Waals surface area contributed by atoms with Gasteiger partial charge in [-0.2, -0.15) is 0 Å². The van der Waals surface area contributed by atoms with E-state index in [0.717, 1.165) is 5.92 Å². The summed E-state index contributed by atoms with van der Waals surface area (Å²) in [6, 6.07) is 0. The molecule has 4 heteroatoms. The predicted octanol–water partition coefficient (Wildman–Crippen LogP) is 1.05. The summed E-state index contributed by atoms with van der Waals surface area (Å²) in [7, 11) is 0. The molecule has 0 aromatic carbocycles. The maximum absolute atomic E-state index is 3.51. The second kappa shape index (κ2) is 7.49. The van der Waals surface area contributed by atoms with Crippen molar-refractivity contribution < 1.29 is 0 Å². The Labute approximate surface area is 106 Å². The average Bonchev–Trinajstić information content (AvgIpc) is 2.31. The SMILES string of the molecule is CCN1CCN(CC2CCCNC2)CC1.Cl. The fourth-order valence-electron chi connectivity index (χ4n) is 2.73. The number of nitrogens with one attached hydrogen (secondary N) is 1. The maximum atomic E-state index is 3.51. The van der Waals surface area contributed by atoms with Crippen LogP contribution >= 0.6 is 12.4 Å². The Morgan fingerprint density at radius 1 is 1.12 bits per heavy atom. The summed E-state index contributed by atoms with van der Waals surface area (Å²) in [4.78, 5) is 5.21. The molecule has 3 nitrogen and oxygen atoms in total. The Bertz CT molecular complexity index is 175. The Morgan fingerprint density at radius 3 is 2.38 bits per heavy atom. The van der Waals surface area contributed by atoms with Crippen molar-refractivity contribution in [3.63, 3.8) is 0 Å². The third-order valence-electron chi connectivity index (χ3n) is 3.83. The predicted molar refractivity (Wildman–Crippen MR) is 71.4 cm³/mol. The average molecular weight is 248 g/mol. The largest absolute Gasteiger partial charge is 0.316 e. The number of likely N-dealkylation sites (N-methyl/N-ethyl adjacent to an activating group) is 1. The molecule has 2 aliphatic rings. The highest BCUT2D eigenvalue weighted by Crippen LogP contribution is 2.13. The van der Waals surface area contributed by atoms with E-state index in [9.17, 15) is 0 Å². The first-order valence-corrected chi connectivity index (χ1v) is 6.54. The molecule has 2 rings (SSSR count). The first-order chi connectivity index (χ1) is 7.38. The zero-order valence-electron chi connectivity index (χ0n) is 10.5. The van der Waals surface area contributed by atoms with Crippen molar-refractivity contribution in [3.8, 4) is 0 Å². The van der Waals surface area contributed by atoms with E-state index in [4.69, 9.17) is 0 Å². The van der Waals surface area contributed by atoms with Crippen LogP contribution in [0.2, 0.25) is 0 Å². The van der Waals surface area contributed by atoms with Crippen LogP contribution in [0.25, 0.3) is 0 Å². The zero-order chi connectivity index (χ0) is 10.5. The standard InChI is InChI=1S/C12H25N3.ClH/c1-2-14-6-8-15(9-7-14)11-12-4-3-5-13-10-12;/h12-13H,2-11H2,1H3;1H. The smallest absolute Gasteiger partial charge is 0.0110 e. The van der Waals surface area contributed by atoms with Crippen LogP contribution in [0, 0.1) is 5.92 Å². The van der Waals surface area contributed by atoms with Crippen molar-refractivity contribution in [3.05, 3.63) is 0 Å². The molecule has 2 aliphatic heterocycles. The summed E-state index contributed by atoms with van der Waals surface area (Å²) in [6.45, 7) is 12.4. The topological polar surface area (TPSA) is 18.5 Å². The van der Waals surface area contributed by atoms with E-state index >= 15 is 0 Å². The third-order valence-corrected chi connectivity index (χ3v) is 3.83. The van der Waals surface area contributed by atoms with E-state index in [2.05, 4.69) is 22.0 Å². The molecular formula is C12H26ClN3. The maximum Gasteiger partial charge on any atom is 0.0110 e. The summed E-state index contributed by atoms with van der Waals surface area (Å²) in [5.41, 5.74) is 0. The molecule has 2 heterocycles. The number of halogens is 1. The quantitative estimate of drug-likeness (QED) is 0.804. The number of nitrogens with zero attached hydrogens (tertiary/aromatic N) is 2. The van der Waals surface area contributed by atoms with E-state index in [-0.39, 0.29) is 12.4 Å². The minimum absolute atomic E-state index is 0. The summed E-state index contributed by atoms with van der Waals surface area (Å²) < 4.78 is 0. The van der Waals surface area contributed by atoms with E-state index in [1.54, 1.807) is 0 Å². The van der Waals surface area contributed by atoms with Crippen molar-refractivity contribution in [1.82, 2.24) is 15.1 Å². The minimum atomic E-state index is 0. The van der Waals surface area contributed by atoms with Gasteiger partial charge in [0.1, 0.15) is 0 Å². The lowest BCUT2D eigenvalue weighted by Crippen LogP contribution is -2.48. The molecule has 1 atom stereocenters. The molecule has 0 aliphatic carbocycles. The van der Waals surface area contributed by atoms with E-state index in [1.807, 2.05) is 0 Å². The van der Waals surface area contributed by atoms with Crippen LogP contribution in [0.5, 0.6) is 0 Å². The summed E-state index contributed by atoms with van der Waals surface area (Å²) >= 11 is 0. The number of hydrogen-bond donors (Lipinski definition) is 1. The molecule has 0 radical (unpaired) electrons. The molecule has 1 unspecified atom stereocenters. The minimum Gasteiger partial charge on any atom is -0.316 e. The second-order valence-corrected chi connectivity index (χ2v) is 4.95. The monoisotopic (exact) mass is 247 g/mol. The van der Waals surface area contributed by atoms with Crippen molar-refractivity contribution in [2.45, 2.75) is 19.8 Å². The third kappa shape index (κ3) is 4.21. The second-order valence-electron chi connectivity index (χ2n) is 4.95. The molecule has 1 N–H and O–H groups in total. The van der Waals surface area contributed by atoms with Gasteiger partial charge < -0.3 is 15.1 Å². The van der Waals surface area contributed by atoms with Gasteiger partial charge in [-0.1, -0.05) is 6.92 Å². The van der Waals surface area contributed by atoms with E-state index < -0.39 is 0 Å². The van der Waals surface area contributed by atoms with Crippen LogP contribution < -0.4 is 5.32 Å². The van der Waals surface area contributed by atoms with Gasteiger partial charge in [0.15, 0.2) is 0 Å². The summed E-state index contributed by atoms with van der Waals surface area (Å²) in [5.74, 6) is 0.909. The Hall–Kier alpha value is 0.170. The van der Waals surface area contributed by atoms with Crippen LogP contribution in [0.15, 0.2) is 0 Å². The van der Waals surface area contributed by atoms with Crippen molar-refractivity contribution in [1.29, 1.82) is 0 Å². The lowest BCUT2D eigenvalue weighted by Gasteiger charge is -2.36. The lowest BCUT2D eigenvalue weighted by atomic mass is 9.99. The molecule has 0 spiro atoms. The van der Waals surface area contributed by atoms with Gasteiger partial charge in [0.25, 0.3) is 0 Å². The molecule has 0 bridgehead atoms. The van der Waals surface area contributed by atoms with Crippen molar-refractivity contribution in [2.75, 3.05) is 52.4 Å². The Kier molecular flexibility index (Phi) is 6.66. The molecule has 0 aromatic heterocycles. The molecule has 2 saturated heterocycles. The first kappa shape index (κ1) is 14.2. The molecule has 0 amide bonds. The van der Waals surface area contributed by atoms with Crippen LogP contribution in [0.3, 0.4) is 0 Å². The van der Waals surface area contributed by atoms with Crippen molar-refractivity contribution in [2.24, 2.45) is 5.92 Å². The van der Waals surface area contributed by atoms with Gasteiger partial charge in [0.2, 0.25) is 0 Å². The van der Waals surface area contributed by atoms with Crippen LogP contribution in [0.4, 0.5) is 0 Å². The van der Waals surface area contributed by atoms with Crippen LogP contribution in [0.1, 0.15) is 19.8 Å². The number of piperazine rings is 1. The lowest BCUT2D eigenvalue weighted by molar-refractivity contribution is 0.116. The fraction of sp³-hybridized carbons (Fsp3) is 1.00. The summed E-state index contributed by atoms with van der Waals surface area (Å²) in [6.07, 6.45) is 2.81. The van der Waals surface area contributed by atoms with Crippen LogP contribution in [-0.2, 0) is 0 Å². The molecule has 0 saturated carbocycles. The van der Waals surface area contributed by atoms with Gasteiger partial charge in [0.05, 0.1) is 0 Å². The highest BCUT2D eigenvalue weighted by atomic mass is 35.5. The van der Waals surface area contributed by atoms with E-state index in [1.165, 1.54) is 65.2 Å². The first-order valence-electron chi connectivity index (χ1n) is 6.54. The zero-order valence-corrected chi connectivity index (χ0v) is 11.3. The van der Waals surface area contributed by atoms with Gasteiger partial charge in [-0.15, -0.1) is 12.4 Å². The normalized spacial score (nSPS) is 28.7. The molecular weight excluding hydrogens is 222 g/mol. The van der Waals surface area contributed by atoms with Gasteiger partial charge in [0, 0.05) is 32.7 Å². The highest BCUT2D eigenvalue weighted by molar-refractivity contribution is 5.85. The van der Waals surface area contributed by atoms with Gasteiger partial charge >= 0.3 is 0 Å². The molecule has 16 heavy (non-hydrogen) atoms. The summed E-state index contributed by atoms with van der Waals surface area (Å²) in [5, 5.41) is 3.51. The van der Waals surface area contributed by atoms with Crippen molar-refractivity contribution >= 4 is 12.4 Å². The Balaban J connectivity index is 0.00000128. The highest BCUT2D eigenvalue weighted by Gasteiger charge is 2.20. The molecule has 96 valence electrons. The molecule has 2 fully saturated rings. The number of rotatable bonds is 3. The van der Waals surface area contributed by atoms with Gasteiger partial charge in [-0.05, 0) is 38.4 Å². The van der Waals surface area contributed by atoms with E-state index in [0.29, 0.717) is 0 Å².